The van der Waals surface area contributed by atoms with Crippen LogP contribution in [0.25, 0.3) is 0 Å². The molecule has 0 heterocycles. The lowest BCUT2D eigenvalue weighted by Crippen LogP contribution is -2.36. The van der Waals surface area contributed by atoms with Gasteiger partial charge in [-0.3, -0.25) is 10.1 Å². The van der Waals surface area contributed by atoms with E-state index in [-0.39, 0.29) is 23.6 Å². The van der Waals surface area contributed by atoms with Gasteiger partial charge < -0.3 is 14.6 Å². The van der Waals surface area contributed by atoms with E-state index in [1.54, 1.807) is 32.9 Å². The summed E-state index contributed by atoms with van der Waals surface area (Å²) in [5.74, 6) is -2.13. The highest BCUT2D eigenvalue weighted by molar-refractivity contribution is 6.00. The van der Waals surface area contributed by atoms with Crippen molar-refractivity contribution >= 4 is 17.5 Å². The van der Waals surface area contributed by atoms with Crippen LogP contribution in [0.15, 0.2) is 47.8 Å². The third-order valence-corrected chi connectivity index (χ3v) is 5.92. The Morgan fingerprint density at radius 2 is 1.97 bits per heavy atom. The van der Waals surface area contributed by atoms with Gasteiger partial charge >= 0.3 is 5.97 Å². The SMILES string of the molecule is C=C(C)[C@H](CC[C@@]1(C)CC=C(CO)C(=O)[C@@H](CC(C)=O)[C@@H]1/C=C/OC(=O)C=C(C)C)OO. The van der Waals surface area contributed by atoms with Crippen molar-refractivity contribution in [2.75, 3.05) is 6.61 Å². The average Bonchev–Trinajstić information content (AvgIpc) is 2.77. The average molecular weight is 449 g/mol. The molecule has 178 valence electrons. The van der Waals surface area contributed by atoms with Crippen LogP contribution in [0.3, 0.4) is 0 Å². The Balaban J connectivity index is 3.37. The Kier molecular flexibility index (Phi) is 10.9. The van der Waals surface area contributed by atoms with E-state index < -0.39 is 35.9 Å². The molecule has 0 saturated carbocycles. The molecule has 0 aromatic heterocycles. The zero-order valence-corrected chi connectivity index (χ0v) is 19.7. The first-order chi connectivity index (χ1) is 14.9. The Morgan fingerprint density at radius 3 is 2.47 bits per heavy atom. The molecule has 0 aliphatic heterocycles. The van der Waals surface area contributed by atoms with Gasteiger partial charge in [0, 0.05) is 24.0 Å². The van der Waals surface area contributed by atoms with E-state index in [0.717, 1.165) is 5.57 Å². The molecule has 1 aliphatic rings. The van der Waals surface area contributed by atoms with Crippen LogP contribution in [-0.4, -0.2) is 40.6 Å². The number of aliphatic hydroxyl groups excluding tert-OH is 1. The smallest absolute Gasteiger partial charge is 0.335 e. The van der Waals surface area contributed by atoms with Crippen molar-refractivity contribution in [2.45, 2.75) is 66.4 Å². The number of ketones is 2. The van der Waals surface area contributed by atoms with Crippen LogP contribution in [0.2, 0.25) is 0 Å². The molecule has 0 fully saturated rings. The minimum Gasteiger partial charge on any atom is -0.432 e. The summed E-state index contributed by atoms with van der Waals surface area (Å²) in [6.45, 7) is 12.1. The first-order valence-corrected chi connectivity index (χ1v) is 10.8. The summed E-state index contributed by atoms with van der Waals surface area (Å²) >= 11 is 0. The summed E-state index contributed by atoms with van der Waals surface area (Å²) in [6.07, 6.45) is 6.85. The minimum absolute atomic E-state index is 0.00308. The van der Waals surface area contributed by atoms with Gasteiger partial charge in [0.05, 0.1) is 12.9 Å². The minimum atomic E-state index is -0.713. The molecule has 0 unspecified atom stereocenters. The zero-order chi connectivity index (χ0) is 24.5. The van der Waals surface area contributed by atoms with Crippen molar-refractivity contribution in [3.8, 4) is 0 Å². The Hall–Kier alpha value is -2.35. The summed E-state index contributed by atoms with van der Waals surface area (Å²) in [5, 5.41) is 18.9. The second-order valence-electron chi connectivity index (χ2n) is 9.11. The molecule has 0 aromatic carbocycles. The second kappa shape index (κ2) is 12.6. The van der Waals surface area contributed by atoms with Crippen LogP contribution in [-0.2, 0) is 24.0 Å². The number of Topliss-reactive ketones (excluding diaryl/α,β-unsaturated/α-hetero) is 2. The molecule has 0 amide bonds. The van der Waals surface area contributed by atoms with Crippen LogP contribution >= 0.6 is 0 Å². The first kappa shape index (κ1) is 27.7. The topological polar surface area (TPSA) is 110 Å². The van der Waals surface area contributed by atoms with Gasteiger partial charge in [-0.15, -0.1) is 0 Å². The van der Waals surface area contributed by atoms with Crippen LogP contribution in [0.5, 0.6) is 0 Å². The lowest BCUT2D eigenvalue weighted by atomic mass is 9.65. The van der Waals surface area contributed by atoms with Crippen molar-refractivity contribution in [1.82, 2.24) is 0 Å². The maximum absolute atomic E-state index is 13.1. The number of hydrogen-bond donors (Lipinski definition) is 2. The van der Waals surface area contributed by atoms with E-state index in [1.165, 1.54) is 19.3 Å². The van der Waals surface area contributed by atoms with Crippen LogP contribution in [0, 0.1) is 17.3 Å². The van der Waals surface area contributed by atoms with Gasteiger partial charge in [0.15, 0.2) is 5.78 Å². The molecule has 4 atom stereocenters. The zero-order valence-electron chi connectivity index (χ0n) is 19.7. The Morgan fingerprint density at radius 1 is 1.31 bits per heavy atom. The molecule has 0 saturated heterocycles. The normalized spacial score (nSPS) is 24.5. The number of hydrogen-bond acceptors (Lipinski definition) is 7. The number of carbonyl (C=O) groups excluding carboxylic acids is 3. The van der Waals surface area contributed by atoms with Crippen LogP contribution in [0.4, 0.5) is 0 Å². The highest BCUT2D eigenvalue weighted by atomic mass is 17.1. The summed E-state index contributed by atoms with van der Waals surface area (Å²) in [5.41, 5.74) is 1.18. The van der Waals surface area contributed by atoms with Gasteiger partial charge in [0.2, 0.25) is 0 Å². The third kappa shape index (κ3) is 7.97. The number of carbonyl (C=O) groups is 3. The summed E-state index contributed by atoms with van der Waals surface area (Å²) in [7, 11) is 0. The Bertz CT molecular complexity index is 801. The highest BCUT2D eigenvalue weighted by Gasteiger charge is 2.43. The van der Waals surface area contributed by atoms with Crippen LogP contribution in [0.1, 0.15) is 60.3 Å². The van der Waals surface area contributed by atoms with Gasteiger partial charge in [-0.25, -0.2) is 9.68 Å². The molecule has 0 bridgehead atoms. The van der Waals surface area contributed by atoms with Gasteiger partial charge in [-0.05, 0) is 69.9 Å². The van der Waals surface area contributed by atoms with E-state index in [4.69, 9.17) is 4.74 Å². The monoisotopic (exact) mass is 448 g/mol. The molecule has 7 nitrogen and oxygen atoms in total. The summed E-state index contributed by atoms with van der Waals surface area (Å²) in [4.78, 5) is 41.6. The predicted molar refractivity (Wildman–Crippen MR) is 121 cm³/mol. The van der Waals surface area contributed by atoms with Crippen LogP contribution < -0.4 is 0 Å². The number of ether oxygens (including phenoxy) is 1. The molecule has 0 aromatic rings. The van der Waals surface area contributed by atoms with E-state index in [9.17, 15) is 24.7 Å². The van der Waals surface area contributed by atoms with Crippen molar-refractivity contribution in [1.29, 1.82) is 0 Å². The molecule has 0 radical (unpaired) electrons. The number of allylic oxidation sites excluding steroid dienone is 3. The number of esters is 1. The molecular formula is C25H36O7. The van der Waals surface area contributed by atoms with Gasteiger partial charge in [0.1, 0.15) is 11.9 Å². The molecule has 1 aliphatic carbocycles. The number of rotatable bonds is 11. The van der Waals surface area contributed by atoms with E-state index in [1.807, 2.05) is 6.92 Å². The molecular weight excluding hydrogens is 412 g/mol. The Labute approximate surface area is 190 Å². The van der Waals surface area contributed by atoms with Gasteiger partial charge in [0.25, 0.3) is 0 Å². The van der Waals surface area contributed by atoms with Crippen molar-refractivity contribution in [3.63, 3.8) is 0 Å². The fourth-order valence-electron chi connectivity index (χ4n) is 4.10. The fourth-order valence-corrected chi connectivity index (χ4v) is 4.10. The van der Waals surface area contributed by atoms with E-state index in [2.05, 4.69) is 11.5 Å². The van der Waals surface area contributed by atoms with Gasteiger partial charge in [-0.1, -0.05) is 25.2 Å². The summed E-state index contributed by atoms with van der Waals surface area (Å²) < 4.78 is 5.18. The molecule has 32 heavy (non-hydrogen) atoms. The molecule has 0 spiro atoms. The fraction of sp³-hybridized carbons (Fsp3) is 0.560. The number of aliphatic hydroxyl groups is 1. The van der Waals surface area contributed by atoms with Gasteiger partial charge in [-0.2, -0.15) is 0 Å². The van der Waals surface area contributed by atoms with Crippen molar-refractivity contribution in [2.24, 2.45) is 17.3 Å². The quantitative estimate of drug-likeness (QED) is 0.121. The largest absolute Gasteiger partial charge is 0.432 e. The maximum atomic E-state index is 13.1. The van der Waals surface area contributed by atoms with Crippen molar-refractivity contribution in [3.05, 3.63) is 47.8 Å². The highest BCUT2D eigenvalue weighted by Crippen LogP contribution is 2.46. The molecule has 2 N–H and O–H groups in total. The second-order valence-corrected chi connectivity index (χ2v) is 9.11. The first-order valence-electron chi connectivity index (χ1n) is 10.8. The standard InChI is InChI=1S/C25H36O7/c1-16(2)13-23(28)31-12-9-21-20(14-18(5)27)24(29)19(15-26)7-10-25(21,6)11-8-22(32-30)17(3)4/h7,9,12-13,20-22,26,30H,3,8,10-11,14-15H2,1-2,4-6H3/b12-9+/t20-,21-,22-,25+/m0/s1. The lowest BCUT2D eigenvalue weighted by molar-refractivity contribution is -0.270. The maximum Gasteiger partial charge on any atom is 0.335 e. The molecule has 7 heteroatoms. The third-order valence-electron chi connectivity index (χ3n) is 5.92. The predicted octanol–water partition coefficient (Wildman–Crippen LogP) is 4.33. The summed E-state index contributed by atoms with van der Waals surface area (Å²) in [6, 6.07) is 0. The van der Waals surface area contributed by atoms with Crippen molar-refractivity contribution < 1.29 is 34.4 Å². The lowest BCUT2D eigenvalue weighted by Gasteiger charge is -2.38. The van der Waals surface area contributed by atoms with E-state index in [0.29, 0.717) is 24.8 Å². The van der Waals surface area contributed by atoms with E-state index >= 15 is 0 Å². The molecule has 1 rings (SSSR count).